The van der Waals surface area contributed by atoms with Gasteiger partial charge in [0.1, 0.15) is 16.5 Å². The fraction of sp³-hybridized carbons (Fsp3) is 0.263. The van der Waals surface area contributed by atoms with E-state index in [-0.39, 0.29) is 23.9 Å². The Kier molecular flexibility index (Phi) is 13.5. The summed E-state index contributed by atoms with van der Waals surface area (Å²) in [6.45, 7) is -1.13. The molecule has 0 amide bonds. The van der Waals surface area contributed by atoms with Gasteiger partial charge in [-0.25, -0.2) is 13.2 Å². The molecule has 1 aliphatic heterocycles. The molecule has 9 nitrogen and oxygen atoms in total. The molecule has 0 bridgehead atoms. The minimum Gasteiger partial charge on any atom is -0.463 e. The van der Waals surface area contributed by atoms with Crippen LogP contribution in [0.3, 0.4) is 0 Å². The lowest BCUT2D eigenvalue weighted by molar-refractivity contribution is -0.0234. The van der Waals surface area contributed by atoms with E-state index in [2.05, 4.69) is 26.3 Å². The van der Waals surface area contributed by atoms with Crippen molar-refractivity contribution in [2.24, 2.45) is 0 Å². The molecular formula is C38H38BrClF3N5O4. The number of hydrogen-bond acceptors (Lipinski definition) is 8. The van der Waals surface area contributed by atoms with Crippen molar-refractivity contribution in [1.82, 2.24) is 9.78 Å². The van der Waals surface area contributed by atoms with E-state index in [1.807, 2.05) is 84.6 Å². The third kappa shape index (κ3) is 9.99. The summed E-state index contributed by atoms with van der Waals surface area (Å²) in [5.41, 5.74) is 2.64. The van der Waals surface area contributed by atoms with Crippen molar-refractivity contribution in [3.05, 3.63) is 123 Å². The summed E-state index contributed by atoms with van der Waals surface area (Å²) in [5, 5.41) is 7.04. The molecule has 4 aromatic carbocycles. The second kappa shape index (κ2) is 18.2. The molecule has 0 spiro atoms. The lowest BCUT2D eigenvalue weighted by atomic mass is 9.99. The van der Waals surface area contributed by atoms with Crippen LogP contribution >= 0.6 is 27.5 Å². The number of nitrogens with one attached hydrogen (secondary N) is 1. The number of anilines is 5. The highest BCUT2D eigenvalue weighted by atomic mass is 79.9. The monoisotopic (exact) mass is 799 g/mol. The molecule has 1 aliphatic rings. The zero-order chi connectivity index (χ0) is 37.1. The number of benzene rings is 4. The van der Waals surface area contributed by atoms with Gasteiger partial charge in [0, 0.05) is 47.9 Å². The van der Waals surface area contributed by atoms with Crippen LogP contribution in [0.4, 0.5) is 41.6 Å². The van der Waals surface area contributed by atoms with Crippen LogP contribution < -0.4 is 30.1 Å². The number of aromatic nitrogens is 2. The molecule has 1 saturated heterocycles. The summed E-state index contributed by atoms with van der Waals surface area (Å²) in [7, 11) is 3.87. The second-order valence-electron chi connectivity index (χ2n) is 11.9. The normalized spacial score (nSPS) is 15.2. The molecule has 6 rings (SSSR count). The molecule has 14 heteroatoms. The van der Waals surface area contributed by atoms with Gasteiger partial charge in [-0.2, -0.15) is 9.78 Å². The molecule has 2 heterocycles. The van der Waals surface area contributed by atoms with Crippen molar-refractivity contribution in [3.63, 3.8) is 0 Å². The SMILES string of the molecule is CN(c1ccc(Br)cc1)c1ccc(OCF)cc1.CN(c1ccc(OCF)cc1)c1ccc(-n2ncc(NC[C@]3(F)CCCOC3)c(Cl)c2=O)cc1. The Bertz CT molecular complexity index is 1930. The number of halogens is 5. The van der Waals surface area contributed by atoms with Crippen molar-refractivity contribution < 1.29 is 27.4 Å². The van der Waals surface area contributed by atoms with Crippen LogP contribution in [0, 0.1) is 0 Å². The predicted molar refractivity (Wildman–Crippen MR) is 204 cm³/mol. The van der Waals surface area contributed by atoms with Gasteiger partial charge in [-0.1, -0.05) is 27.5 Å². The number of alkyl halides is 3. The van der Waals surface area contributed by atoms with Gasteiger partial charge in [-0.15, -0.1) is 0 Å². The predicted octanol–water partition coefficient (Wildman–Crippen LogP) is 9.41. The summed E-state index contributed by atoms with van der Waals surface area (Å²) in [4.78, 5) is 16.8. The smallest absolute Gasteiger partial charge is 0.292 e. The maximum absolute atomic E-state index is 14.8. The van der Waals surface area contributed by atoms with Crippen molar-refractivity contribution in [1.29, 1.82) is 0 Å². The van der Waals surface area contributed by atoms with Crippen LogP contribution in [0.15, 0.2) is 113 Å². The summed E-state index contributed by atoms with van der Waals surface area (Å²) in [6, 6.07) is 29.5. The van der Waals surface area contributed by atoms with Gasteiger partial charge in [-0.3, -0.25) is 4.79 Å². The first kappa shape index (κ1) is 38.5. The van der Waals surface area contributed by atoms with Gasteiger partial charge < -0.3 is 29.3 Å². The van der Waals surface area contributed by atoms with Crippen molar-refractivity contribution in [2.45, 2.75) is 18.5 Å². The number of nitrogens with zero attached hydrogens (tertiary/aromatic N) is 4. The molecule has 1 aromatic heterocycles. The first-order valence-electron chi connectivity index (χ1n) is 16.3. The zero-order valence-electron chi connectivity index (χ0n) is 28.6. The maximum atomic E-state index is 14.8. The average molecular weight is 801 g/mol. The highest BCUT2D eigenvalue weighted by molar-refractivity contribution is 9.10. The Morgan fingerprint density at radius 1 is 0.846 bits per heavy atom. The number of rotatable bonds is 12. The molecule has 0 aliphatic carbocycles. The van der Waals surface area contributed by atoms with Crippen LogP contribution in [0.25, 0.3) is 5.69 Å². The van der Waals surface area contributed by atoms with Crippen molar-refractivity contribution in [2.75, 3.05) is 62.7 Å². The first-order valence-corrected chi connectivity index (χ1v) is 17.5. The highest BCUT2D eigenvalue weighted by Gasteiger charge is 2.32. The average Bonchev–Trinajstić information content (AvgIpc) is 3.17. The Balaban J connectivity index is 0.000000244. The molecule has 5 aromatic rings. The fourth-order valence-electron chi connectivity index (χ4n) is 5.39. The first-order chi connectivity index (χ1) is 25.1. The van der Waals surface area contributed by atoms with Gasteiger partial charge in [0.15, 0.2) is 5.67 Å². The lowest BCUT2D eigenvalue weighted by Gasteiger charge is -2.29. The van der Waals surface area contributed by atoms with Gasteiger partial charge in [-0.05, 0) is 110 Å². The summed E-state index contributed by atoms with van der Waals surface area (Å²) < 4.78 is 56.1. The molecule has 0 saturated carbocycles. The van der Waals surface area contributed by atoms with Crippen LogP contribution in [0.5, 0.6) is 11.5 Å². The molecule has 52 heavy (non-hydrogen) atoms. The molecule has 1 fully saturated rings. The number of hydrogen-bond donors (Lipinski definition) is 1. The Hall–Kier alpha value is -4.72. The Morgan fingerprint density at radius 3 is 1.79 bits per heavy atom. The quantitative estimate of drug-likeness (QED) is 0.134. The minimum atomic E-state index is -1.50. The summed E-state index contributed by atoms with van der Waals surface area (Å²) in [5.74, 6) is 0.981. The Labute approximate surface area is 313 Å². The van der Waals surface area contributed by atoms with E-state index in [1.165, 1.54) is 10.9 Å². The number of ether oxygens (including phenoxy) is 3. The molecular weight excluding hydrogens is 763 g/mol. The third-order valence-electron chi connectivity index (χ3n) is 8.37. The molecule has 0 unspecified atom stereocenters. The van der Waals surface area contributed by atoms with Gasteiger partial charge in [0.05, 0.1) is 30.7 Å². The van der Waals surface area contributed by atoms with Crippen molar-refractivity contribution >= 4 is 56.0 Å². The van der Waals surface area contributed by atoms with E-state index in [1.54, 1.807) is 36.4 Å². The Morgan fingerprint density at radius 2 is 1.33 bits per heavy atom. The van der Waals surface area contributed by atoms with Crippen LogP contribution in [-0.2, 0) is 4.74 Å². The minimum absolute atomic E-state index is 0.0124. The fourth-order valence-corrected chi connectivity index (χ4v) is 5.85. The topological polar surface area (TPSA) is 81.1 Å². The summed E-state index contributed by atoms with van der Waals surface area (Å²) >= 11 is 9.68. The second-order valence-corrected chi connectivity index (χ2v) is 13.1. The van der Waals surface area contributed by atoms with Crippen LogP contribution in [0.1, 0.15) is 12.8 Å². The van der Waals surface area contributed by atoms with Gasteiger partial charge >= 0.3 is 0 Å². The van der Waals surface area contributed by atoms with E-state index in [9.17, 15) is 18.0 Å². The largest absolute Gasteiger partial charge is 0.463 e. The highest BCUT2D eigenvalue weighted by Crippen LogP contribution is 2.29. The van der Waals surface area contributed by atoms with Gasteiger partial charge in [0.25, 0.3) is 5.56 Å². The van der Waals surface area contributed by atoms with E-state index in [4.69, 9.17) is 25.8 Å². The summed E-state index contributed by atoms with van der Waals surface area (Å²) in [6.07, 6.45) is 2.45. The molecule has 1 N–H and O–H groups in total. The molecule has 1 atom stereocenters. The maximum Gasteiger partial charge on any atom is 0.292 e. The van der Waals surface area contributed by atoms with E-state index >= 15 is 0 Å². The van der Waals surface area contributed by atoms with E-state index < -0.39 is 24.9 Å². The zero-order valence-corrected chi connectivity index (χ0v) is 30.9. The van der Waals surface area contributed by atoms with E-state index in [0.29, 0.717) is 36.6 Å². The van der Waals surface area contributed by atoms with Crippen LogP contribution in [0.2, 0.25) is 5.02 Å². The van der Waals surface area contributed by atoms with Crippen molar-refractivity contribution in [3.8, 4) is 17.2 Å². The van der Waals surface area contributed by atoms with Gasteiger partial charge in [0.2, 0.25) is 13.7 Å². The third-order valence-corrected chi connectivity index (χ3v) is 9.27. The van der Waals surface area contributed by atoms with E-state index in [0.717, 1.165) is 27.2 Å². The lowest BCUT2D eigenvalue weighted by Crippen LogP contribution is -2.40. The molecule has 0 radical (unpaired) electrons. The van der Waals surface area contributed by atoms with Crippen LogP contribution in [-0.4, -0.2) is 63.0 Å². The standard InChI is InChI=1S/C24H25ClF2N4O3.C14H13BrFNO/c1-30(18-7-9-20(10-8-18)34-16-26)17-3-5-19(6-4-17)31-23(32)22(25)21(13-29-31)28-14-24(27)11-2-12-33-15-24;1-17(12-4-2-11(15)3-5-12)13-6-8-14(9-7-13)18-10-16/h3-10,13,28H,2,11-12,14-16H2,1H3;2-9H,10H2,1H3/t24-;/m1./s1. The molecule has 274 valence electrons.